The third-order valence-corrected chi connectivity index (χ3v) is 3.88. The fraction of sp³-hybridized carbons (Fsp3) is 0.286. The summed E-state index contributed by atoms with van der Waals surface area (Å²) < 4.78 is 14.3. The van der Waals surface area contributed by atoms with Crippen molar-refractivity contribution in [2.45, 2.75) is 39.8 Å². The van der Waals surface area contributed by atoms with Crippen molar-refractivity contribution in [3.8, 4) is 0 Å². The molecule has 0 aliphatic heterocycles. The highest BCUT2D eigenvalue weighted by Crippen LogP contribution is 2.26. The Kier molecular flexibility index (Phi) is 5.91. The SMILES string of the molecule is CC(C)N(C(=O)C=C(c1ccccc1)c1ccccc1F)C(C)C. The molecule has 0 bridgehead atoms. The quantitative estimate of drug-likeness (QED) is 0.716. The summed E-state index contributed by atoms with van der Waals surface area (Å²) in [4.78, 5) is 14.6. The number of benzene rings is 2. The van der Waals surface area contributed by atoms with Gasteiger partial charge in [0.25, 0.3) is 0 Å². The minimum atomic E-state index is -0.332. The molecule has 24 heavy (non-hydrogen) atoms. The van der Waals surface area contributed by atoms with Gasteiger partial charge in [-0.25, -0.2) is 4.39 Å². The van der Waals surface area contributed by atoms with E-state index in [9.17, 15) is 9.18 Å². The minimum Gasteiger partial charge on any atom is -0.334 e. The molecule has 0 N–H and O–H groups in total. The number of halogens is 1. The summed E-state index contributed by atoms with van der Waals surface area (Å²) in [6.45, 7) is 7.93. The molecular formula is C21H24FNO. The van der Waals surface area contributed by atoms with E-state index in [1.807, 2.05) is 58.0 Å². The summed E-state index contributed by atoms with van der Waals surface area (Å²) in [6, 6.07) is 16.2. The van der Waals surface area contributed by atoms with Crippen molar-refractivity contribution in [1.82, 2.24) is 4.90 Å². The van der Waals surface area contributed by atoms with Crippen molar-refractivity contribution in [2.75, 3.05) is 0 Å². The van der Waals surface area contributed by atoms with E-state index in [0.717, 1.165) is 5.56 Å². The largest absolute Gasteiger partial charge is 0.334 e. The fourth-order valence-electron chi connectivity index (χ4n) is 2.92. The highest BCUT2D eigenvalue weighted by molar-refractivity contribution is 5.99. The van der Waals surface area contributed by atoms with Crippen LogP contribution in [0.3, 0.4) is 0 Å². The lowest BCUT2D eigenvalue weighted by molar-refractivity contribution is -0.129. The zero-order valence-electron chi connectivity index (χ0n) is 14.7. The maximum atomic E-state index is 14.3. The smallest absolute Gasteiger partial charge is 0.247 e. The lowest BCUT2D eigenvalue weighted by atomic mass is 9.96. The van der Waals surface area contributed by atoms with Crippen LogP contribution in [-0.2, 0) is 4.79 Å². The Bertz CT molecular complexity index is 712. The first kappa shape index (κ1) is 17.9. The van der Waals surface area contributed by atoms with Crippen molar-refractivity contribution < 1.29 is 9.18 Å². The van der Waals surface area contributed by atoms with E-state index in [1.165, 1.54) is 6.07 Å². The van der Waals surface area contributed by atoms with Crippen LogP contribution in [0.5, 0.6) is 0 Å². The van der Waals surface area contributed by atoms with E-state index < -0.39 is 0 Å². The average molecular weight is 325 g/mol. The number of amides is 1. The number of rotatable bonds is 5. The minimum absolute atomic E-state index is 0.0754. The molecule has 0 saturated carbocycles. The molecule has 2 aromatic carbocycles. The van der Waals surface area contributed by atoms with E-state index in [2.05, 4.69) is 0 Å². The van der Waals surface area contributed by atoms with E-state index in [4.69, 9.17) is 0 Å². The molecule has 0 aromatic heterocycles. The molecule has 2 nitrogen and oxygen atoms in total. The Morgan fingerprint density at radius 3 is 2.00 bits per heavy atom. The lowest BCUT2D eigenvalue weighted by Crippen LogP contribution is -2.41. The normalized spacial score (nSPS) is 11.9. The monoisotopic (exact) mass is 325 g/mol. The van der Waals surface area contributed by atoms with Gasteiger partial charge in [0.2, 0.25) is 5.91 Å². The molecule has 0 radical (unpaired) electrons. The van der Waals surface area contributed by atoms with Crippen molar-refractivity contribution in [3.63, 3.8) is 0 Å². The molecule has 2 rings (SSSR count). The van der Waals surface area contributed by atoms with Gasteiger partial charge in [-0.05, 0) is 44.9 Å². The Labute approximate surface area is 143 Å². The second-order valence-corrected chi connectivity index (χ2v) is 6.34. The number of hydrogen-bond donors (Lipinski definition) is 0. The van der Waals surface area contributed by atoms with E-state index in [0.29, 0.717) is 11.1 Å². The van der Waals surface area contributed by atoms with Gasteiger partial charge >= 0.3 is 0 Å². The Balaban J connectivity index is 2.55. The third kappa shape index (κ3) is 4.10. The molecule has 0 unspecified atom stereocenters. The van der Waals surface area contributed by atoms with E-state index >= 15 is 0 Å². The molecule has 2 aromatic rings. The summed E-state index contributed by atoms with van der Waals surface area (Å²) in [7, 11) is 0. The number of carbonyl (C=O) groups is 1. The topological polar surface area (TPSA) is 20.3 Å². The van der Waals surface area contributed by atoms with Gasteiger partial charge in [0, 0.05) is 23.7 Å². The first-order valence-electron chi connectivity index (χ1n) is 8.26. The molecule has 0 fully saturated rings. The third-order valence-electron chi connectivity index (χ3n) is 3.88. The highest BCUT2D eigenvalue weighted by Gasteiger charge is 2.20. The fourth-order valence-corrected chi connectivity index (χ4v) is 2.92. The summed E-state index contributed by atoms with van der Waals surface area (Å²) in [5.74, 6) is -0.442. The first-order valence-corrected chi connectivity index (χ1v) is 8.26. The van der Waals surface area contributed by atoms with Crippen LogP contribution in [0.4, 0.5) is 4.39 Å². The molecule has 126 valence electrons. The summed E-state index contributed by atoms with van der Waals surface area (Å²) in [5.41, 5.74) is 1.86. The maximum absolute atomic E-state index is 14.3. The molecule has 1 amide bonds. The van der Waals surface area contributed by atoms with Crippen LogP contribution >= 0.6 is 0 Å². The zero-order chi connectivity index (χ0) is 17.7. The van der Waals surface area contributed by atoms with Crippen LogP contribution < -0.4 is 0 Å². The van der Waals surface area contributed by atoms with Gasteiger partial charge in [-0.15, -0.1) is 0 Å². The number of carbonyl (C=O) groups excluding carboxylic acids is 1. The van der Waals surface area contributed by atoms with Gasteiger partial charge in [-0.1, -0.05) is 48.5 Å². The van der Waals surface area contributed by atoms with Gasteiger partial charge in [-0.3, -0.25) is 4.79 Å². The van der Waals surface area contributed by atoms with Crippen LogP contribution in [0.1, 0.15) is 38.8 Å². The number of hydrogen-bond acceptors (Lipinski definition) is 1. The Morgan fingerprint density at radius 2 is 1.46 bits per heavy atom. The van der Waals surface area contributed by atoms with Crippen molar-refractivity contribution in [2.24, 2.45) is 0 Å². The van der Waals surface area contributed by atoms with Gasteiger partial charge in [0.15, 0.2) is 0 Å². The van der Waals surface area contributed by atoms with Crippen molar-refractivity contribution >= 4 is 11.5 Å². The van der Waals surface area contributed by atoms with Gasteiger partial charge in [0.1, 0.15) is 5.82 Å². The summed E-state index contributed by atoms with van der Waals surface area (Å²) in [6.07, 6.45) is 1.55. The molecule has 0 aliphatic carbocycles. The standard InChI is InChI=1S/C21H24FNO/c1-15(2)23(16(3)4)21(24)14-19(17-10-6-5-7-11-17)18-12-8-9-13-20(18)22/h5-16H,1-4H3. The molecule has 0 saturated heterocycles. The van der Waals surface area contributed by atoms with Crippen LogP contribution in [0, 0.1) is 5.82 Å². The predicted octanol–water partition coefficient (Wildman–Crippen LogP) is 4.90. The molecule has 0 heterocycles. The van der Waals surface area contributed by atoms with E-state index in [-0.39, 0.29) is 23.8 Å². The lowest BCUT2D eigenvalue weighted by Gasteiger charge is -2.30. The summed E-state index contributed by atoms with van der Waals surface area (Å²) in [5, 5.41) is 0. The Morgan fingerprint density at radius 1 is 0.917 bits per heavy atom. The van der Waals surface area contributed by atoms with Crippen molar-refractivity contribution in [3.05, 3.63) is 77.6 Å². The van der Waals surface area contributed by atoms with E-state index in [1.54, 1.807) is 29.2 Å². The molecule has 0 spiro atoms. The molecule has 3 heteroatoms. The molecule has 0 aliphatic rings. The van der Waals surface area contributed by atoms with Crippen LogP contribution in [0.2, 0.25) is 0 Å². The first-order chi connectivity index (χ1) is 11.4. The Hall–Kier alpha value is -2.42. The van der Waals surface area contributed by atoms with Crippen LogP contribution in [-0.4, -0.2) is 22.9 Å². The predicted molar refractivity (Wildman–Crippen MR) is 97.0 cm³/mol. The van der Waals surface area contributed by atoms with Crippen LogP contribution in [0.25, 0.3) is 5.57 Å². The second kappa shape index (κ2) is 7.91. The molecule has 0 atom stereocenters. The zero-order valence-corrected chi connectivity index (χ0v) is 14.7. The molecular weight excluding hydrogens is 301 g/mol. The second-order valence-electron chi connectivity index (χ2n) is 6.34. The van der Waals surface area contributed by atoms with Gasteiger partial charge in [0.05, 0.1) is 0 Å². The van der Waals surface area contributed by atoms with Crippen LogP contribution in [0.15, 0.2) is 60.7 Å². The highest BCUT2D eigenvalue weighted by atomic mass is 19.1. The van der Waals surface area contributed by atoms with Gasteiger partial charge < -0.3 is 4.90 Å². The van der Waals surface area contributed by atoms with Gasteiger partial charge in [-0.2, -0.15) is 0 Å². The van der Waals surface area contributed by atoms with Crippen molar-refractivity contribution in [1.29, 1.82) is 0 Å². The average Bonchev–Trinajstić information content (AvgIpc) is 2.53. The number of nitrogens with zero attached hydrogens (tertiary/aromatic N) is 1. The maximum Gasteiger partial charge on any atom is 0.247 e. The summed E-state index contributed by atoms with van der Waals surface area (Å²) >= 11 is 0.